The van der Waals surface area contributed by atoms with E-state index in [9.17, 15) is 0 Å². The Morgan fingerprint density at radius 3 is 3.06 bits per heavy atom. The molecule has 2 rings (SSSR count). The van der Waals surface area contributed by atoms with Crippen LogP contribution in [0.25, 0.3) is 0 Å². The van der Waals surface area contributed by atoms with Crippen LogP contribution in [-0.4, -0.2) is 22.0 Å². The number of nitrogens with two attached hydrogens (primary N) is 1. The van der Waals surface area contributed by atoms with Gasteiger partial charge in [0, 0.05) is 12.7 Å². The first kappa shape index (κ1) is 11.6. The maximum atomic E-state index is 6.25. The average molecular weight is 223 g/mol. The largest absolute Gasteiger partial charge is 0.373 e. The van der Waals surface area contributed by atoms with Crippen LogP contribution in [0, 0.1) is 0 Å². The standard InChI is InChI=1S/C12H21N3O/c1-3-8-15-10(6-7-14-15)12(13)11-5-4-9(2)16-11/h6-7,9,11-12H,3-5,8,13H2,1-2H3. The van der Waals surface area contributed by atoms with Crippen LogP contribution in [0.15, 0.2) is 12.3 Å². The first-order valence-corrected chi connectivity index (χ1v) is 6.15. The van der Waals surface area contributed by atoms with Crippen molar-refractivity contribution in [2.24, 2.45) is 5.73 Å². The summed E-state index contributed by atoms with van der Waals surface area (Å²) in [5, 5.41) is 4.30. The summed E-state index contributed by atoms with van der Waals surface area (Å²) in [4.78, 5) is 0. The molecule has 4 nitrogen and oxygen atoms in total. The SMILES string of the molecule is CCCn1nccc1C(N)C1CCC(C)O1. The Morgan fingerprint density at radius 2 is 2.44 bits per heavy atom. The molecule has 1 aliphatic heterocycles. The maximum Gasteiger partial charge on any atom is 0.0787 e. The van der Waals surface area contributed by atoms with E-state index in [4.69, 9.17) is 10.5 Å². The van der Waals surface area contributed by atoms with Crippen molar-refractivity contribution < 1.29 is 4.74 Å². The molecular weight excluding hydrogens is 202 g/mol. The van der Waals surface area contributed by atoms with E-state index in [2.05, 4.69) is 18.9 Å². The average Bonchev–Trinajstić information content (AvgIpc) is 2.87. The lowest BCUT2D eigenvalue weighted by molar-refractivity contribution is 0.0384. The van der Waals surface area contributed by atoms with Crippen molar-refractivity contribution in [1.29, 1.82) is 0 Å². The number of aryl methyl sites for hydroxylation is 1. The van der Waals surface area contributed by atoms with E-state index in [0.29, 0.717) is 6.10 Å². The van der Waals surface area contributed by atoms with Gasteiger partial charge in [0.15, 0.2) is 0 Å². The van der Waals surface area contributed by atoms with Gasteiger partial charge >= 0.3 is 0 Å². The van der Waals surface area contributed by atoms with E-state index in [1.807, 2.05) is 16.9 Å². The molecule has 0 aromatic carbocycles. The van der Waals surface area contributed by atoms with Gasteiger partial charge in [0.2, 0.25) is 0 Å². The first-order valence-electron chi connectivity index (χ1n) is 6.15. The predicted octanol–water partition coefficient (Wildman–Crippen LogP) is 1.86. The van der Waals surface area contributed by atoms with Crippen molar-refractivity contribution in [3.8, 4) is 0 Å². The minimum Gasteiger partial charge on any atom is -0.373 e. The van der Waals surface area contributed by atoms with Crippen LogP contribution in [0.5, 0.6) is 0 Å². The van der Waals surface area contributed by atoms with Crippen LogP contribution in [-0.2, 0) is 11.3 Å². The highest BCUT2D eigenvalue weighted by Crippen LogP contribution is 2.28. The quantitative estimate of drug-likeness (QED) is 0.847. The van der Waals surface area contributed by atoms with Crippen LogP contribution < -0.4 is 5.73 Å². The zero-order chi connectivity index (χ0) is 11.5. The molecule has 4 heteroatoms. The molecule has 3 unspecified atom stereocenters. The van der Waals surface area contributed by atoms with E-state index in [0.717, 1.165) is 31.5 Å². The molecule has 0 spiro atoms. The summed E-state index contributed by atoms with van der Waals surface area (Å²) in [5.41, 5.74) is 7.35. The summed E-state index contributed by atoms with van der Waals surface area (Å²) in [6.45, 7) is 5.18. The highest BCUT2D eigenvalue weighted by Gasteiger charge is 2.29. The Kier molecular flexibility index (Phi) is 3.61. The highest BCUT2D eigenvalue weighted by atomic mass is 16.5. The molecule has 1 saturated heterocycles. The molecule has 1 aromatic heterocycles. The number of nitrogens with zero attached hydrogens (tertiary/aromatic N) is 2. The third kappa shape index (κ3) is 2.28. The van der Waals surface area contributed by atoms with Gasteiger partial charge in [-0.2, -0.15) is 5.10 Å². The Hall–Kier alpha value is -0.870. The van der Waals surface area contributed by atoms with E-state index < -0.39 is 0 Å². The lowest BCUT2D eigenvalue weighted by atomic mass is 10.1. The number of hydrogen-bond acceptors (Lipinski definition) is 3. The molecule has 1 aliphatic rings. The second-order valence-corrected chi connectivity index (χ2v) is 4.57. The first-order chi connectivity index (χ1) is 7.72. The third-order valence-electron chi connectivity index (χ3n) is 3.19. The van der Waals surface area contributed by atoms with Gasteiger partial charge in [-0.1, -0.05) is 6.92 Å². The van der Waals surface area contributed by atoms with Crippen molar-refractivity contribution in [2.45, 2.75) is 57.9 Å². The molecule has 1 fully saturated rings. The van der Waals surface area contributed by atoms with E-state index in [-0.39, 0.29) is 12.1 Å². The summed E-state index contributed by atoms with van der Waals surface area (Å²) < 4.78 is 7.81. The monoisotopic (exact) mass is 223 g/mol. The highest BCUT2D eigenvalue weighted by molar-refractivity contribution is 5.09. The molecule has 0 aliphatic carbocycles. The molecule has 1 aromatic rings. The molecule has 0 radical (unpaired) electrons. The van der Waals surface area contributed by atoms with E-state index >= 15 is 0 Å². The van der Waals surface area contributed by atoms with Gasteiger partial charge < -0.3 is 10.5 Å². The predicted molar refractivity (Wildman–Crippen MR) is 63.0 cm³/mol. The Balaban J connectivity index is 2.07. The second-order valence-electron chi connectivity index (χ2n) is 4.57. The summed E-state index contributed by atoms with van der Waals surface area (Å²) in [6.07, 6.45) is 5.56. The molecule has 0 bridgehead atoms. The Morgan fingerprint density at radius 1 is 1.62 bits per heavy atom. The van der Waals surface area contributed by atoms with Crippen molar-refractivity contribution in [1.82, 2.24) is 9.78 Å². The molecule has 2 N–H and O–H groups in total. The number of rotatable bonds is 4. The minimum atomic E-state index is -0.0426. The van der Waals surface area contributed by atoms with Gasteiger partial charge in [0.1, 0.15) is 0 Å². The van der Waals surface area contributed by atoms with Crippen LogP contribution >= 0.6 is 0 Å². The topological polar surface area (TPSA) is 53.1 Å². The number of aromatic nitrogens is 2. The number of hydrogen-bond donors (Lipinski definition) is 1. The van der Waals surface area contributed by atoms with Crippen molar-refractivity contribution in [3.05, 3.63) is 18.0 Å². The van der Waals surface area contributed by atoms with Crippen molar-refractivity contribution in [3.63, 3.8) is 0 Å². The van der Waals surface area contributed by atoms with Crippen LogP contribution in [0.4, 0.5) is 0 Å². The van der Waals surface area contributed by atoms with Crippen molar-refractivity contribution >= 4 is 0 Å². The lowest BCUT2D eigenvalue weighted by Gasteiger charge is -2.20. The van der Waals surface area contributed by atoms with Gasteiger partial charge in [-0.3, -0.25) is 4.68 Å². The smallest absolute Gasteiger partial charge is 0.0787 e. The fourth-order valence-corrected chi connectivity index (χ4v) is 2.31. The summed E-state index contributed by atoms with van der Waals surface area (Å²) in [7, 11) is 0. The van der Waals surface area contributed by atoms with Crippen molar-refractivity contribution in [2.75, 3.05) is 0 Å². The molecule has 16 heavy (non-hydrogen) atoms. The molecule has 3 atom stereocenters. The summed E-state index contributed by atoms with van der Waals surface area (Å²) >= 11 is 0. The molecule has 2 heterocycles. The lowest BCUT2D eigenvalue weighted by Crippen LogP contribution is -2.28. The number of ether oxygens (including phenoxy) is 1. The zero-order valence-electron chi connectivity index (χ0n) is 10.1. The van der Waals surface area contributed by atoms with Gasteiger partial charge in [-0.25, -0.2) is 0 Å². The third-order valence-corrected chi connectivity index (χ3v) is 3.19. The summed E-state index contributed by atoms with van der Waals surface area (Å²) in [5.74, 6) is 0. The molecule has 0 saturated carbocycles. The minimum absolute atomic E-state index is 0.0426. The van der Waals surface area contributed by atoms with Crippen LogP contribution in [0.1, 0.15) is 44.8 Å². The second kappa shape index (κ2) is 4.97. The fourth-order valence-electron chi connectivity index (χ4n) is 2.31. The van der Waals surface area contributed by atoms with Gasteiger partial charge in [0.25, 0.3) is 0 Å². The van der Waals surface area contributed by atoms with E-state index in [1.165, 1.54) is 0 Å². The Bertz CT molecular complexity index is 337. The zero-order valence-corrected chi connectivity index (χ0v) is 10.1. The fraction of sp³-hybridized carbons (Fsp3) is 0.750. The summed E-state index contributed by atoms with van der Waals surface area (Å²) in [6, 6.07) is 1.96. The molecule has 90 valence electrons. The van der Waals surface area contributed by atoms with E-state index in [1.54, 1.807) is 0 Å². The Labute approximate surface area is 96.8 Å². The van der Waals surface area contributed by atoms with Gasteiger partial charge in [-0.05, 0) is 32.3 Å². The van der Waals surface area contributed by atoms with Gasteiger partial charge in [0.05, 0.1) is 23.9 Å². The molecule has 0 amide bonds. The normalized spacial score (nSPS) is 27.2. The maximum absolute atomic E-state index is 6.25. The van der Waals surface area contributed by atoms with Crippen LogP contribution in [0.2, 0.25) is 0 Å². The molecular formula is C12H21N3O. The van der Waals surface area contributed by atoms with Crippen LogP contribution in [0.3, 0.4) is 0 Å². The van der Waals surface area contributed by atoms with Gasteiger partial charge in [-0.15, -0.1) is 0 Å².